The number of anilines is 1. The number of aryl methyl sites for hydroxylation is 1. The van der Waals surface area contributed by atoms with Gasteiger partial charge < -0.3 is 20.0 Å². The Hall–Kier alpha value is -2.28. The minimum absolute atomic E-state index is 0.304. The molecule has 1 aliphatic carbocycles. The number of rotatable bonds is 5. The van der Waals surface area contributed by atoms with Gasteiger partial charge in [-0.25, -0.2) is 0 Å². The summed E-state index contributed by atoms with van der Waals surface area (Å²) in [5.74, 6) is 1.72. The number of benzene rings is 1. The molecule has 3 fully saturated rings. The normalized spacial score (nSPS) is 21.3. The molecule has 1 aromatic rings. The van der Waals surface area contributed by atoms with Crippen molar-refractivity contribution in [2.24, 2.45) is 10.9 Å². The molecule has 0 radical (unpaired) electrons. The van der Waals surface area contributed by atoms with Crippen molar-refractivity contribution in [3.05, 3.63) is 29.8 Å². The smallest absolute Gasteiger partial charge is 0.225 e. The molecule has 7 heteroatoms. The van der Waals surface area contributed by atoms with E-state index < -0.39 is 0 Å². The average molecular weight is 441 g/mol. The Morgan fingerprint density at radius 2 is 1.69 bits per heavy atom. The summed E-state index contributed by atoms with van der Waals surface area (Å²) in [7, 11) is 1.88. The molecule has 3 aliphatic rings. The maximum atomic E-state index is 12.6. The number of aliphatic imine (C=N–C) groups is 1. The molecule has 0 aromatic heterocycles. The van der Waals surface area contributed by atoms with E-state index in [9.17, 15) is 4.79 Å². The van der Waals surface area contributed by atoms with E-state index in [1.54, 1.807) is 0 Å². The Kier molecular flexibility index (Phi) is 7.90. The first kappa shape index (κ1) is 22.9. The maximum Gasteiger partial charge on any atom is 0.225 e. The van der Waals surface area contributed by atoms with E-state index in [1.807, 2.05) is 7.05 Å². The van der Waals surface area contributed by atoms with Gasteiger partial charge in [0, 0.05) is 84.1 Å². The molecular formula is C25H40N6O. The standard InChI is InChI=1S/C25H40N6O/c1-21-6-5-9-23(20-21)29-16-18-31(19-17-29)25(26-2)27-10-11-28-12-14-30(15-13-28)24(32)22-7-3-4-8-22/h5-6,9,20,22H,3-4,7-8,10-19H2,1-2H3,(H,26,27). The van der Waals surface area contributed by atoms with E-state index in [2.05, 4.69) is 61.1 Å². The average Bonchev–Trinajstić information content (AvgIpc) is 3.37. The van der Waals surface area contributed by atoms with Crippen molar-refractivity contribution in [2.45, 2.75) is 32.6 Å². The van der Waals surface area contributed by atoms with Crippen molar-refractivity contribution in [2.75, 3.05) is 77.4 Å². The first-order valence-electron chi connectivity index (χ1n) is 12.4. The Bertz CT molecular complexity index is 774. The number of nitrogens with zero attached hydrogens (tertiary/aromatic N) is 5. The fourth-order valence-electron chi connectivity index (χ4n) is 5.28. The van der Waals surface area contributed by atoms with Crippen LogP contribution in [0.1, 0.15) is 31.2 Å². The van der Waals surface area contributed by atoms with Gasteiger partial charge in [-0.1, -0.05) is 25.0 Å². The first-order chi connectivity index (χ1) is 15.6. The largest absolute Gasteiger partial charge is 0.368 e. The summed E-state index contributed by atoms with van der Waals surface area (Å²) >= 11 is 0. The Morgan fingerprint density at radius 1 is 1.00 bits per heavy atom. The Balaban J connectivity index is 1.15. The molecule has 32 heavy (non-hydrogen) atoms. The summed E-state index contributed by atoms with van der Waals surface area (Å²) in [5, 5.41) is 3.56. The zero-order valence-corrected chi connectivity index (χ0v) is 19.9. The van der Waals surface area contributed by atoms with Crippen LogP contribution >= 0.6 is 0 Å². The van der Waals surface area contributed by atoms with Gasteiger partial charge in [-0.2, -0.15) is 0 Å². The van der Waals surface area contributed by atoms with Crippen LogP contribution in [0.15, 0.2) is 29.3 Å². The summed E-state index contributed by atoms with van der Waals surface area (Å²) in [5.41, 5.74) is 2.63. The number of carbonyl (C=O) groups excluding carboxylic acids is 1. The molecule has 7 nitrogen and oxygen atoms in total. The predicted molar refractivity (Wildman–Crippen MR) is 131 cm³/mol. The Labute approximate surface area is 193 Å². The van der Waals surface area contributed by atoms with Crippen LogP contribution in [0, 0.1) is 12.8 Å². The zero-order valence-electron chi connectivity index (χ0n) is 19.9. The van der Waals surface area contributed by atoms with E-state index in [0.717, 1.165) is 84.2 Å². The van der Waals surface area contributed by atoms with Crippen LogP contribution in [0.25, 0.3) is 0 Å². The van der Waals surface area contributed by atoms with Gasteiger partial charge in [0.25, 0.3) is 0 Å². The highest BCUT2D eigenvalue weighted by Gasteiger charge is 2.29. The number of amides is 1. The van der Waals surface area contributed by atoms with Crippen LogP contribution in [-0.2, 0) is 4.79 Å². The lowest BCUT2D eigenvalue weighted by molar-refractivity contribution is -0.137. The monoisotopic (exact) mass is 440 g/mol. The van der Waals surface area contributed by atoms with Gasteiger partial charge in [0.2, 0.25) is 5.91 Å². The summed E-state index contributed by atoms with van der Waals surface area (Å²) < 4.78 is 0. The summed E-state index contributed by atoms with van der Waals surface area (Å²) in [4.78, 5) is 26.5. The third kappa shape index (κ3) is 5.74. The molecule has 2 aliphatic heterocycles. The molecule has 1 aromatic carbocycles. The van der Waals surface area contributed by atoms with Gasteiger partial charge in [0.1, 0.15) is 0 Å². The van der Waals surface area contributed by atoms with Crippen LogP contribution in [0.3, 0.4) is 0 Å². The van der Waals surface area contributed by atoms with E-state index >= 15 is 0 Å². The van der Waals surface area contributed by atoms with Crippen molar-refractivity contribution in [1.82, 2.24) is 20.0 Å². The van der Waals surface area contributed by atoms with Gasteiger partial charge >= 0.3 is 0 Å². The molecule has 0 unspecified atom stereocenters. The second-order valence-electron chi connectivity index (χ2n) is 9.44. The molecular weight excluding hydrogens is 400 g/mol. The third-order valence-electron chi connectivity index (χ3n) is 7.26. The maximum absolute atomic E-state index is 12.6. The van der Waals surface area contributed by atoms with Crippen LogP contribution in [0.5, 0.6) is 0 Å². The fraction of sp³-hybridized carbons (Fsp3) is 0.680. The minimum Gasteiger partial charge on any atom is -0.368 e. The molecule has 0 spiro atoms. The lowest BCUT2D eigenvalue weighted by Gasteiger charge is -2.38. The molecule has 0 atom stereocenters. The SMILES string of the molecule is CN=C(NCCN1CCN(C(=O)C2CCCC2)CC1)N1CCN(c2cccc(C)c2)CC1. The number of piperazine rings is 2. The molecule has 0 bridgehead atoms. The molecule has 176 valence electrons. The summed E-state index contributed by atoms with van der Waals surface area (Å²) in [6.45, 7) is 11.7. The van der Waals surface area contributed by atoms with Gasteiger partial charge in [-0.15, -0.1) is 0 Å². The molecule has 1 saturated carbocycles. The molecule has 4 rings (SSSR count). The van der Waals surface area contributed by atoms with Gasteiger partial charge in [-0.05, 0) is 37.5 Å². The predicted octanol–water partition coefficient (Wildman–Crippen LogP) is 2.03. The molecule has 2 saturated heterocycles. The second-order valence-corrected chi connectivity index (χ2v) is 9.44. The second kappa shape index (κ2) is 11.0. The van der Waals surface area contributed by atoms with E-state index in [0.29, 0.717) is 11.8 Å². The molecule has 1 amide bonds. The van der Waals surface area contributed by atoms with Crippen molar-refractivity contribution in [3.63, 3.8) is 0 Å². The van der Waals surface area contributed by atoms with Gasteiger partial charge in [0.05, 0.1) is 0 Å². The van der Waals surface area contributed by atoms with E-state index in [4.69, 9.17) is 0 Å². The van der Waals surface area contributed by atoms with Crippen LogP contribution in [0.4, 0.5) is 5.69 Å². The third-order valence-corrected chi connectivity index (χ3v) is 7.26. The molecule has 2 heterocycles. The fourth-order valence-corrected chi connectivity index (χ4v) is 5.28. The summed E-state index contributed by atoms with van der Waals surface area (Å²) in [6, 6.07) is 8.77. The van der Waals surface area contributed by atoms with Crippen molar-refractivity contribution >= 4 is 17.6 Å². The Morgan fingerprint density at radius 3 is 2.34 bits per heavy atom. The quantitative estimate of drug-likeness (QED) is 0.561. The van der Waals surface area contributed by atoms with Crippen molar-refractivity contribution in [1.29, 1.82) is 0 Å². The van der Waals surface area contributed by atoms with E-state index in [-0.39, 0.29) is 0 Å². The van der Waals surface area contributed by atoms with Crippen LogP contribution in [0.2, 0.25) is 0 Å². The lowest BCUT2D eigenvalue weighted by atomic mass is 10.1. The number of nitrogens with one attached hydrogen (secondary N) is 1. The number of hydrogen-bond acceptors (Lipinski definition) is 4. The van der Waals surface area contributed by atoms with Crippen LogP contribution in [-0.4, -0.2) is 99.1 Å². The molecule has 1 N–H and O–H groups in total. The highest BCUT2D eigenvalue weighted by molar-refractivity contribution is 5.80. The van der Waals surface area contributed by atoms with Gasteiger partial charge in [0.15, 0.2) is 5.96 Å². The lowest BCUT2D eigenvalue weighted by Crippen LogP contribution is -2.54. The number of guanidine groups is 1. The van der Waals surface area contributed by atoms with Gasteiger partial charge in [-0.3, -0.25) is 14.7 Å². The zero-order chi connectivity index (χ0) is 22.3. The van der Waals surface area contributed by atoms with Crippen molar-refractivity contribution in [3.8, 4) is 0 Å². The topological polar surface area (TPSA) is 54.4 Å². The highest BCUT2D eigenvalue weighted by atomic mass is 16.2. The number of hydrogen-bond donors (Lipinski definition) is 1. The van der Waals surface area contributed by atoms with Crippen molar-refractivity contribution < 1.29 is 4.79 Å². The number of carbonyl (C=O) groups is 1. The first-order valence-corrected chi connectivity index (χ1v) is 12.4. The highest BCUT2D eigenvalue weighted by Crippen LogP contribution is 2.27. The minimum atomic E-state index is 0.304. The summed E-state index contributed by atoms with van der Waals surface area (Å²) in [6.07, 6.45) is 4.65. The van der Waals surface area contributed by atoms with E-state index in [1.165, 1.54) is 24.1 Å². The van der Waals surface area contributed by atoms with Crippen LogP contribution < -0.4 is 10.2 Å².